The first-order valence-corrected chi connectivity index (χ1v) is 6.00. The van der Waals surface area contributed by atoms with Crippen LogP contribution in [0.4, 0.5) is 0 Å². The minimum absolute atomic E-state index is 0.00628. The lowest BCUT2D eigenvalue weighted by Crippen LogP contribution is -2.14. The van der Waals surface area contributed by atoms with Gasteiger partial charge in [0.1, 0.15) is 5.78 Å². The van der Waals surface area contributed by atoms with Gasteiger partial charge in [0.05, 0.1) is 12.4 Å². The Morgan fingerprint density at radius 1 is 1.54 bits per heavy atom. The van der Waals surface area contributed by atoms with E-state index in [4.69, 9.17) is 4.18 Å². The Morgan fingerprint density at radius 2 is 2.23 bits per heavy atom. The van der Waals surface area contributed by atoms with Gasteiger partial charge in [0.2, 0.25) is 0 Å². The van der Waals surface area contributed by atoms with Crippen LogP contribution in [0, 0.1) is 5.92 Å². The Hall–Kier alpha value is -0.420. The van der Waals surface area contributed by atoms with Gasteiger partial charge in [0.15, 0.2) is 0 Å². The van der Waals surface area contributed by atoms with Crippen LogP contribution in [-0.4, -0.2) is 26.6 Å². The Bertz CT molecular complexity index is 281. The Labute approximate surface area is 78.4 Å². The molecule has 0 heterocycles. The number of carbonyl (C=O) groups is 1. The number of hydrogen-bond donors (Lipinski definition) is 0. The topological polar surface area (TPSA) is 60.4 Å². The molecular weight excluding hydrogens is 192 g/mol. The molecule has 0 radical (unpaired) electrons. The number of Topliss-reactive ketones (excluding diaryl/α,β-unsaturated/α-hetero) is 1. The molecule has 1 atom stereocenters. The lowest BCUT2D eigenvalue weighted by atomic mass is 10.1. The zero-order chi connectivity index (χ0) is 9.90. The summed E-state index contributed by atoms with van der Waals surface area (Å²) in [4.78, 5) is 10.8. The molecule has 13 heavy (non-hydrogen) atoms. The van der Waals surface area contributed by atoms with E-state index >= 15 is 0 Å². The third-order valence-electron chi connectivity index (χ3n) is 2.18. The van der Waals surface area contributed by atoms with Crippen molar-refractivity contribution >= 4 is 15.9 Å². The molecule has 0 unspecified atom stereocenters. The van der Waals surface area contributed by atoms with Crippen LogP contribution < -0.4 is 0 Å². The van der Waals surface area contributed by atoms with Crippen molar-refractivity contribution in [2.75, 3.05) is 12.4 Å². The summed E-state index contributed by atoms with van der Waals surface area (Å²) in [6.07, 6.45) is 1.80. The summed E-state index contributed by atoms with van der Waals surface area (Å²) in [6.45, 7) is 1.71. The highest BCUT2D eigenvalue weighted by Crippen LogP contribution is 2.22. The number of ketones is 1. The quantitative estimate of drug-likeness (QED) is 0.636. The van der Waals surface area contributed by atoms with Crippen LogP contribution in [0.5, 0.6) is 0 Å². The van der Waals surface area contributed by atoms with Gasteiger partial charge in [0.25, 0.3) is 10.1 Å². The molecule has 0 aromatic rings. The zero-order valence-electron chi connectivity index (χ0n) is 7.65. The van der Waals surface area contributed by atoms with Crippen LogP contribution >= 0.6 is 0 Å². The van der Waals surface area contributed by atoms with Crippen molar-refractivity contribution in [3.63, 3.8) is 0 Å². The summed E-state index contributed by atoms with van der Waals surface area (Å²) < 4.78 is 26.6. The van der Waals surface area contributed by atoms with E-state index in [1.54, 1.807) is 0 Å². The summed E-state index contributed by atoms with van der Waals surface area (Å²) in [5, 5.41) is 0. The molecule has 0 aromatic carbocycles. The second kappa shape index (κ2) is 4.19. The fourth-order valence-electron chi connectivity index (χ4n) is 1.32. The van der Waals surface area contributed by atoms with Gasteiger partial charge in [-0.25, -0.2) is 0 Å². The molecular formula is C8H14O4S. The van der Waals surface area contributed by atoms with Crippen LogP contribution in [0.3, 0.4) is 0 Å². The first-order valence-electron chi connectivity index (χ1n) is 4.42. The Morgan fingerprint density at radius 3 is 2.69 bits per heavy atom. The van der Waals surface area contributed by atoms with Gasteiger partial charge in [0, 0.05) is 12.8 Å². The summed E-state index contributed by atoms with van der Waals surface area (Å²) in [5.41, 5.74) is 0. The van der Waals surface area contributed by atoms with Crippen LogP contribution in [0.15, 0.2) is 0 Å². The smallest absolute Gasteiger partial charge is 0.267 e. The van der Waals surface area contributed by atoms with Crippen LogP contribution in [-0.2, 0) is 19.1 Å². The highest BCUT2D eigenvalue weighted by Gasteiger charge is 2.23. The summed E-state index contributed by atoms with van der Waals surface area (Å²) in [7, 11) is -3.34. The summed E-state index contributed by atoms with van der Waals surface area (Å²) >= 11 is 0. The van der Waals surface area contributed by atoms with E-state index in [1.165, 1.54) is 6.92 Å². The van der Waals surface area contributed by atoms with Gasteiger partial charge in [-0.05, 0) is 19.3 Å². The normalized spacial score (nSPS) is 23.8. The maximum Gasteiger partial charge on any atom is 0.267 e. The van der Waals surface area contributed by atoms with Crippen molar-refractivity contribution < 1.29 is 17.4 Å². The largest absolute Gasteiger partial charge is 0.300 e. The number of rotatable bonds is 4. The van der Waals surface area contributed by atoms with Crippen molar-refractivity contribution in [1.82, 2.24) is 0 Å². The van der Waals surface area contributed by atoms with Crippen LogP contribution in [0.25, 0.3) is 0 Å². The molecule has 0 bridgehead atoms. The molecule has 1 aliphatic carbocycles. The van der Waals surface area contributed by atoms with E-state index in [-0.39, 0.29) is 24.1 Å². The summed E-state index contributed by atoms with van der Waals surface area (Å²) in [6, 6.07) is 0. The standard InChI is InChI=1S/C8H14O4S/c1-2-13(10,11)12-6-7-3-4-8(9)5-7/h7H,2-6H2,1H3/t7-/m1/s1. The second-order valence-corrected chi connectivity index (χ2v) is 5.21. The maximum atomic E-state index is 10.9. The first kappa shape index (κ1) is 10.7. The third kappa shape index (κ3) is 3.44. The molecule has 4 nitrogen and oxygen atoms in total. The molecule has 0 amide bonds. The molecule has 1 saturated carbocycles. The fourth-order valence-corrected chi connectivity index (χ4v) is 1.88. The van der Waals surface area contributed by atoms with Crippen molar-refractivity contribution in [1.29, 1.82) is 0 Å². The second-order valence-electron chi connectivity index (χ2n) is 3.28. The van der Waals surface area contributed by atoms with Gasteiger partial charge >= 0.3 is 0 Å². The van der Waals surface area contributed by atoms with E-state index < -0.39 is 10.1 Å². The van der Waals surface area contributed by atoms with Gasteiger partial charge in [-0.1, -0.05) is 0 Å². The zero-order valence-corrected chi connectivity index (χ0v) is 8.47. The Kier molecular flexibility index (Phi) is 3.44. The third-order valence-corrected chi connectivity index (χ3v) is 3.39. The Balaban J connectivity index is 2.31. The predicted octanol–water partition coefficient (Wildman–Crippen LogP) is 0.722. The molecule has 0 spiro atoms. The van der Waals surface area contributed by atoms with Crippen molar-refractivity contribution in [2.45, 2.75) is 26.2 Å². The fraction of sp³-hybridized carbons (Fsp3) is 0.875. The van der Waals surface area contributed by atoms with E-state index in [0.29, 0.717) is 12.8 Å². The van der Waals surface area contributed by atoms with Crippen molar-refractivity contribution in [2.24, 2.45) is 5.92 Å². The predicted molar refractivity (Wildman–Crippen MR) is 47.8 cm³/mol. The lowest BCUT2D eigenvalue weighted by molar-refractivity contribution is -0.117. The molecule has 0 N–H and O–H groups in total. The molecule has 0 aliphatic heterocycles. The number of carbonyl (C=O) groups excluding carboxylic acids is 1. The van der Waals surface area contributed by atoms with Gasteiger partial charge < -0.3 is 0 Å². The van der Waals surface area contributed by atoms with Crippen molar-refractivity contribution in [3.05, 3.63) is 0 Å². The van der Waals surface area contributed by atoms with Crippen LogP contribution in [0.2, 0.25) is 0 Å². The van der Waals surface area contributed by atoms with E-state index in [1.807, 2.05) is 0 Å². The average molecular weight is 206 g/mol. The van der Waals surface area contributed by atoms with E-state index in [9.17, 15) is 13.2 Å². The highest BCUT2D eigenvalue weighted by atomic mass is 32.2. The average Bonchev–Trinajstić information content (AvgIpc) is 2.48. The molecule has 76 valence electrons. The lowest BCUT2D eigenvalue weighted by Gasteiger charge is -2.07. The van der Waals surface area contributed by atoms with Crippen molar-refractivity contribution in [3.8, 4) is 0 Å². The van der Waals surface area contributed by atoms with E-state index in [0.717, 1.165) is 6.42 Å². The molecule has 5 heteroatoms. The monoisotopic (exact) mass is 206 g/mol. The number of hydrogen-bond acceptors (Lipinski definition) is 4. The minimum Gasteiger partial charge on any atom is -0.300 e. The van der Waals surface area contributed by atoms with Crippen LogP contribution in [0.1, 0.15) is 26.2 Å². The molecule has 0 saturated heterocycles. The maximum absolute atomic E-state index is 10.9. The SMILES string of the molecule is CCS(=O)(=O)OC[C@@H]1CCC(=O)C1. The minimum atomic E-state index is -3.34. The van der Waals surface area contributed by atoms with E-state index in [2.05, 4.69) is 0 Å². The van der Waals surface area contributed by atoms with Gasteiger partial charge in [-0.15, -0.1) is 0 Å². The molecule has 1 fully saturated rings. The van der Waals surface area contributed by atoms with Gasteiger partial charge in [-0.3, -0.25) is 8.98 Å². The molecule has 1 rings (SSSR count). The van der Waals surface area contributed by atoms with Gasteiger partial charge in [-0.2, -0.15) is 8.42 Å². The highest BCUT2D eigenvalue weighted by molar-refractivity contribution is 7.86. The first-order chi connectivity index (χ1) is 6.03. The molecule has 1 aliphatic rings. The summed E-state index contributed by atoms with van der Waals surface area (Å²) in [5.74, 6) is 0.310. The molecule has 0 aromatic heterocycles.